The molecule has 0 aliphatic heterocycles. The van der Waals surface area contributed by atoms with Crippen molar-refractivity contribution in [2.45, 2.75) is 32.8 Å². The predicted molar refractivity (Wildman–Crippen MR) is 107 cm³/mol. The van der Waals surface area contributed by atoms with Crippen molar-refractivity contribution < 1.29 is 9.53 Å². The van der Waals surface area contributed by atoms with E-state index in [0.717, 1.165) is 16.3 Å². The lowest BCUT2D eigenvalue weighted by Gasteiger charge is -2.19. The van der Waals surface area contributed by atoms with Crippen LogP contribution in [0.5, 0.6) is 0 Å². The van der Waals surface area contributed by atoms with Crippen LogP contribution in [0.4, 0.5) is 4.79 Å². The molecule has 0 radical (unpaired) electrons. The smallest absolute Gasteiger partial charge is 0.407 e. The van der Waals surface area contributed by atoms with E-state index in [1.807, 2.05) is 45.0 Å². The van der Waals surface area contributed by atoms with Crippen molar-refractivity contribution in [3.63, 3.8) is 0 Å². The van der Waals surface area contributed by atoms with Gasteiger partial charge in [0, 0.05) is 18.5 Å². The zero-order chi connectivity index (χ0) is 18.6. The highest BCUT2D eigenvalue weighted by molar-refractivity contribution is 6.04. The van der Waals surface area contributed by atoms with Gasteiger partial charge < -0.3 is 10.1 Å². The second kappa shape index (κ2) is 7.49. The summed E-state index contributed by atoms with van der Waals surface area (Å²) in [5.41, 5.74) is 0.549. The molecule has 3 aromatic carbocycles. The Morgan fingerprint density at radius 3 is 2.15 bits per heavy atom. The van der Waals surface area contributed by atoms with Gasteiger partial charge in [-0.25, -0.2) is 4.79 Å². The van der Waals surface area contributed by atoms with Gasteiger partial charge in [0.15, 0.2) is 0 Å². The lowest BCUT2D eigenvalue weighted by Crippen LogP contribution is -2.32. The van der Waals surface area contributed by atoms with Crippen LogP contribution in [0.2, 0.25) is 0 Å². The SMILES string of the molecule is CC(C)(C)OC(=O)NCCC#Cc1c2ccccc2cc2ccccc12. The molecule has 0 aliphatic carbocycles. The first-order valence-corrected chi connectivity index (χ1v) is 8.80. The standard InChI is InChI=1S/C23H23NO2/c1-23(2,3)26-22(25)24-15-9-8-14-21-19-12-6-4-10-17(19)16-18-11-5-7-13-20(18)21/h4-7,10-13,16H,9,15H2,1-3H3,(H,24,25). The first kappa shape index (κ1) is 17.8. The van der Waals surface area contributed by atoms with Gasteiger partial charge in [0.1, 0.15) is 5.60 Å². The van der Waals surface area contributed by atoms with Gasteiger partial charge in [-0.05, 0) is 48.4 Å². The number of ether oxygens (including phenoxy) is 1. The Hall–Kier alpha value is -2.99. The highest BCUT2D eigenvalue weighted by atomic mass is 16.6. The maximum absolute atomic E-state index is 11.7. The van der Waals surface area contributed by atoms with Gasteiger partial charge in [0.05, 0.1) is 0 Å². The number of alkyl carbamates (subject to hydrolysis) is 1. The molecule has 3 heteroatoms. The zero-order valence-corrected chi connectivity index (χ0v) is 15.4. The fourth-order valence-corrected chi connectivity index (χ4v) is 2.84. The summed E-state index contributed by atoms with van der Waals surface area (Å²) < 4.78 is 5.22. The van der Waals surface area contributed by atoms with E-state index >= 15 is 0 Å². The Balaban J connectivity index is 1.78. The van der Waals surface area contributed by atoms with Gasteiger partial charge in [-0.1, -0.05) is 60.4 Å². The van der Waals surface area contributed by atoms with Crippen LogP contribution in [0.1, 0.15) is 32.8 Å². The Kier molecular flexibility index (Phi) is 5.14. The molecule has 0 atom stereocenters. The van der Waals surface area contributed by atoms with Crippen molar-refractivity contribution in [3.05, 3.63) is 60.2 Å². The molecule has 132 valence electrons. The molecule has 0 aliphatic rings. The van der Waals surface area contributed by atoms with Crippen LogP contribution in [0.3, 0.4) is 0 Å². The molecule has 0 saturated carbocycles. The lowest BCUT2D eigenvalue weighted by molar-refractivity contribution is 0.0529. The maximum atomic E-state index is 11.7. The van der Waals surface area contributed by atoms with Crippen LogP contribution in [0.25, 0.3) is 21.5 Å². The summed E-state index contributed by atoms with van der Waals surface area (Å²) in [6, 6.07) is 18.8. The number of hydrogen-bond donors (Lipinski definition) is 1. The average Bonchev–Trinajstić information content (AvgIpc) is 2.59. The number of rotatable bonds is 2. The van der Waals surface area contributed by atoms with Crippen molar-refractivity contribution >= 4 is 27.6 Å². The number of hydrogen-bond acceptors (Lipinski definition) is 2. The van der Waals surface area contributed by atoms with E-state index in [-0.39, 0.29) is 0 Å². The Morgan fingerprint density at radius 2 is 1.58 bits per heavy atom. The molecule has 3 rings (SSSR count). The van der Waals surface area contributed by atoms with Crippen LogP contribution in [-0.2, 0) is 4.74 Å². The van der Waals surface area contributed by atoms with Gasteiger partial charge in [-0.3, -0.25) is 0 Å². The van der Waals surface area contributed by atoms with Gasteiger partial charge in [0.2, 0.25) is 0 Å². The largest absolute Gasteiger partial charge is 0.444 e. The molecular formula is C23H23NO2. The number of benzene rings is 3. The summed E-state index contributed by atoms with van der Waals surface area (Å²) in [4.78, 5) is 11.7. The molecule has 0 aromatic heterocycles. The zero-order valence-electron chi connectivity index (χ0n) is 15.4. The number of nitrogens with one attached hydrogen (secondary N) is 1. The summed E-state index contributed by atoms with van der Waals surface area (Å²) in [7, 11) is 0. The van der Waals surface area contributed by atoms with E-state index in [0.29, 0.717) is 13.0 Å². The average molecular weight is 345 g/mol. The van der Waals surface area contributed by atoms with Crippen LogP contribution in [0.15, 0.2) is 54.6 Å². The predicted octanol–water partition coefficient (Wildman–Crippen LogP) is 5.26. The molecule has 0 bridgehead atoms. The summed E-state index contributed by atoms with van der Waals surface area (Å²) in [5, 5.41) is 7.41. The molecule has 1 amide bonds. The Bertz CT molecular complexity index is 949. The minimum Gasteiger partial charge on any atom is -0.444 e. The van der Waals surface area contributed by atoms with Crippen molar-refractivity contribution in [2.75, 3.05) is 6.54 Å². The first-order valence-electron chi connectivity index (χ1n) is 8.80. The second-order valence-electron chi connectivity index (χ2n) is 7.17. The van der Waals surface area contributed by atoms with E-state index in [1.54, 1.807) is 0 Å². The van der Waals surface area contributed by atoms with Crippen LogP contribution in [-0.4, -0.2) is 18.2 Å². The minimum absolute atomic E-state index is 0.407. The number of carbonyl (C=O) groups excluding carboxylic acids is 1. The van der Waals surface area contributed by atoms with Gasteiger partial charge in [-0.2, -0.15) is 0 Å². The van der Waals surface area contributed by atoms with Crippen LogP contribution in [0, 0.1) is 11.8 Å². The highest BCUT2D eigenvalue weighted by Gasteiger charge is 2.15. The number of amides is 1. The molecular weight excluding hydrogens is 322 g/mol. The second-order valence-corrected chi connectivity index (χ2v) is 7.17. The third-order valence-corrected chi connectivity index (χ3v) is 3.90. The van der Waals surface area contributed by atoms with Crippen molar-refractivity contribution in [3.8, 4) is 11.8 Å². The third-order valence-electron chi connectivity index (χ3n) is 3.90. The lowest BCUT2D eigenvalue weighted by atomic mass is 9.97. The number of fused-ring (bicyclic) bond motifs is 2. The molecule has 0 saturated heterocycles. The van der Waals surface area contributed by atoms with E-state index in [1.165, 1.54) is 10.8 Å². The number of carbonyl (C=O) groups is 1. The van der Waals surface area contributed by atoms with Gasteiger partial charge in [0.25, 0.3) is 0 Å². The minimum atomic E-state index is -0.488. The van der Waals surface area contributed by atoms with Gasteiger partial charge >= 0.3 is 6.09 Å². The van der Waals surface area contributed by atoms with Crippen molar-refractivity contribution in [2.24, 2.45) is 0 Å². The summed E-state index contributed by atoms with van der Waals surface area (Å²) in [5.74, 6) is 6.49. The first-order chi connectivity index (χ1) is 12.4. The molecule has 0 fully saturated rings. The molecule has 3 aromatic rings. The van der Waals surface area contributed by atoms with Crippen LogP contribution >= 0.6 is 0 Å². The van der Waals surface area contributed by atoms with E-state index in [2.05, 4.69) is 47.5 Å². The third kappa shape index (κ3) is 4.34. The monoisotopic (exact) mass is 345 g/mol. The van der Waals surface area contributed by atoms with Gasteiger partial charge in [-0.15, -0.1) is 0 Å². The van der Waals surface area contributed by atoms with Crippen molar-refractivity contribution in [1.29, 1.82) is 0 Å². The molecule has 0 heterocycles. The molecule has 26 heavy (non-hydrogen) atoms. The Labute approximate surface area is 154 Å². The maximum Gasteiger partial charge on any atom is 0.407 e. The fraction of sp³-hybridized carbons (Fsp3) is 0.261. The quantitative estimate of drug-likeness (QED) is 0.391. The van der Waals surface area contributed by atoms with Crippen LogP contribution < -0.4 is 5.32 Å². The normalized spacial score (nSPS) is 11.0. The highest BCUT2D eigenvalue weighted by Crippen LogP contribution is 2.27. The summed E-state index contributed by atoms with van der Waals surface area (Å²) in [6.07, 6.45) is 0.159. The fourth-order valence-electron chi connectivity index (χ4n) is 2.84. The molecule has 0 unspecified atom stereocenters. The van der Waals surface area contributed by atoms with E-state index in [4.69, 9.17) is 4.74 Å². The summed E-state index contributed by atoms with van der Waals surface area (Å²) in [6.45, 7) is 6.00. The van der Waals surface area contributed by atoms with E-state index < -0.39 is 11.7 Å². The molecule has 1 N–H and O–H groups in total. The summed E-state index contributed by atoms with van der Waals surface area (Å²) >= 11 is 0. The topological polar surface area (TPSA) is 38.3 Å². The van der Waals surface area contributed by atoms with Crippen molar-refractivity contribution in [1.82, 2.24) is 5.32 Å². The molecule has 0 spiro atoms. The van der Waals surface area contributed by atoms with E-state index in [9.17, 15) is 4.79 Å². The molecule has 3 nitrogen and oxygen atoms in total. The Morgan fingerprint density at radius 1 is 1.00 bits per heavy atom.